The van der Waals surface area contributed by atoms with Crippen LogP contribution in [0.15, 0.2) is 35.5 Å². The van der Waals surface area contributed by atoms with Crippen LogP contribution in [0.3, 0.4) is 0 Å². The zero-order valence-corrected chi connectivity index (χ0v) is 12.6. The van der Waals surface area contributed by atoms with E-state index in [2.05, 4.69) is 14.7 Å². The summed E-state index contributed by atoms with van der Waals surface area (Å²) in [6, 6.07) is 6.70. The molecule has 0 aliphatic rings. The minimum atomic E-state index is -3.68. The van der Waals surface area contributed by atoms with Crippen LogP contribution in [0.25, 0.3) is 0 Å². The first kappa shape index (κ1) is 15.3. The largest absolute Gasteiger partial charge is 0.491 e. The number of anilines is 1. The lowest BCUT2D eigenvalue weighted by atomic mass is 10.3. The molecule has 0 amide bonds. The highest BCUT2D eigenvalue weighted by Crippen LogP contribution is 2.20. The summed E-state index contributed by atoms with van der Waals surface area (Å²) in [5.41, 5.74) is 0.414. The van der Waals surface area contributed by atoms with Crippen LogP contribution in [0.2, 0.25) is 0 Å². The normalized spacial score (nSPS) is 11.3. The van der Waals surface area contributed by atoms with Gasteiger partial charge >= 0.3 is 0 Å². The average molecular weight is 311 g/mol. The second-order valence-electron chi connectivity index (χ2n) is 4.31. The molecule has 0 saturated heterocycles. The lowest BCUT2D eigenvalue weighted by molar-refractivity contribution is 0.146. The molecule has 0 bridgehead atoms. The zero-order valence-electron chi connectivity index (χ0n) is 11.8. The highest BCUT2D eigenvalue weighted by Gasteiger charge is 2.16. The number of ether oxygens (including phenoxy) is 2. The van der Waals surface area contributed by atoms with Gasteiger partial charge in [0.25, 0.3) is 10.0 Å². The Morgan fingerprint density at radius 1 is 1.33 bits per heavy atom. The van der Waals surface area contributed by atoms with Crippen molar-refractivity contribution in [3.8, 4) is 5.75 Å². The molecule has 2 aromatic rings. The van der Waals surface area contributed by atoms with Crippen molar-refractivity contribution in [2.75, 3.05) is 25.0 Å². The van der Waals surface area contributed by atoms with E-state index in [0.717, 1.165) is 0 Å². The maximum absolute atomic E-state index is 12.1. The molecule has 114 valence electrons. The number of benzene rings is 1. The number of methoxy groups -OCH3 is 1. The van der Waals surface area contributed by atoms with Gasteiger partial charge in [0.15, 0.2) is 5.03 Å². The van der Waals surface area contributed by atoms with E-state index in [1.807, 2.05) is 0 Å². The number of hydrogen-bond acceptors (Lipinski definition) is 5. The number of hydrogen-bond donors (Lipinski definition) is 2. The predicted molar refractivity (Wildman–Crippen MR) is 77.9 cm³/mol. The van der Waals surface area contributed by atoms with Crippen molar-refractivity contribution in [2.45, 2.75) is 11.9 Å². The molecule has 1 aromatic heterocycles. The van der Waals surface area contributed by atoms with E-state index in [9.17, 15) is 8.42 Å². The Morgan fingerprint density at radius 2 is 2.14 bits per heavy atom. The summed E-state index contributed by atoms with van der Waals surface area (Å²) in [7, 11) is -2.10. The molecular weight excluding hydrogens is 294 g/mol. The number of H-pyrrole nitrogens is 1. The SMILES string of the molecule is COCCOc1cccc(NS(=O)(=O)c2cnc(C)[nH]2)c1. The number of imidazole rings is 1. The molecule has 8 heteroatoms. The minimum Gasteiger partial charge on any atom is -0.491 e. The lowest BCUT2D eigenvalue weighted by Crippen LogP contribution is -2.13. The Kier molecular flexibility index (Phi) is 4.81. The molecule has 0 unspecified atom stereocenters. The van der Waals surface area contributed by atoms with E-state index in [-0.39, 0.29) is 5.03 Å². The van der Waals surface area contributed by atoms with Crippen LogP contribution in [0.5, 0.6) is 5.75 Å². The lowest BCUT2D eigenvalue weighted by Gasteiger charge is -2.09. The monoisotopic (exact) mass is 311 g/mol. The molecule has 2 N–H and O–H groups in total. The molecule has 0 fully saturated rings. The maximum Gasteiger partial charge on any atom is 0.278 e. The van der Waals surface area contributed by atoms with Gasteiger partial charge in [-0.15, -0.1) is 0 Å². The van der Waals surface area contributed by atoms with E-state index in [1.54, 1.807) is 38.3 Å². The summed E-state index contributed by atoms with van der Waals surface area (Å²) in [6.07, 6.45) is 1.27. The van der Waals surface area contributed by atoms with Crippen molar-refractivity contribution in [2.24, 2.45) is 0 Å². The van der Waals surface area contributed by atoms with Crippen LogP contribution in [0.4, 0.5) is 5.69 Å². The zero-order chi connectivity index (χ0) is 15.3. The summed E-state index contributed by atoms with van der Waals surface area (Å²) in [5.74, 6) is 1.10. The van der Waals surface area contributed by atoms with E-state index in [4.69, 9.17) is 9.47 Å². The summed E-state index contributed by atoms with van der Waals surface area (Å²) in [5, 5.41) is 0.0192. The molecule has 0 radical (unpaired) electrons. The van der Waals surface area contributed by atoms with Gasteiger partial charge in [0, 0.05) is 13.2 Å². The van der Waals surface area contributed by atoms with Gasteiger partial charge in [-0.25, -0.2) is 4.98 Å². The molecule has 1 heterocycles. The first-order chi connectivity index (χ1) is 10.0. The van der Waals surface area contributed by atoms with Gasteiger partial charge in [0.2, 0.25) is 0 Å². The average Bonchev–Trinajstić information content (AvgIpc) is 2.87. The van der Waals surface area contributed by atoms with Gasteiger partial charge in [-0.05, 0) is 19.1 Å². The van der Waals surface area contributed by atoms with Gasteiger partial charge in [-0.3, -0.25) is 4.72 Å². The fraction of sp³-hybridized carbons (Fsp3) is 0.308. The van der Waals surface area contributed by atoms with Crippen molar-refractivity contribution in [1.82, 2.24) is 9.97 Å². The first-order valence-corrected chi connectivity index (χ1v) is 7.76. The highest BCUT2D eigenvalue weighted by atomic mass is 32.2. The minimum absolute atomic E-state index is 0.0192. The number of sulfonamides is 1. The third kappa shape index (κ3) is 4.20. The first-order valence-electron chi connectivity index (χ1n) is 6.27. The number of nitrogens with zero attached hydrogens (tertiary/aromatic N) is 1. The molecule has 7 nitrogen and oxygen atoms in total. The van der Waals surface area contributed by atoms with Gasteiger partial charge < -0.3 is 14.5 Å². The molecular formula is C13H17N3O4S. The molecule has 21 heavy (non-hydrogen) atoms. The smallest absolute Gasteiger partial charge is 0.278 e. The van der Waals surface area contributed by atoms with E-state index < -0.39 is 10.0 Å². The Morgan fingerprint density at radius 3 is 2.81 bits per heavy atom. The maximum atomic E-state index is 12.1. The van der Waals surface area contributed by atoms with Crippen LogP contribution in [0.1, 0.15) is 5.82 Å². The number of rotatable bonds is 7. The molecule has 1 aromatic carbocycles. The van der Waals surface area contributed by atoms with Crippen molar-refractivity contribution in [3.05, 3.63) is 36.3 Å². The van der Waals surface area contributed by atoms with E-state index in [1.165, 1.54) is 6.20 Å². The van der Waals surface area contributed by atoms with Crippen molar-refractivity contribution < 1.29 is 17.9 Å². The summed E-state index contributed by atoms with van der Waals surface area (Å²) >= 11 is 0. The van der Waals surface area contributed by atoms with Crippen molar-refractivity contribution in [1.29, 1.82) is 0 Å². The van der Waals surface area contributed by atoms with E-state index in [0.29, 0.717) is 30.5 Å². The third-order valence-electron chi connectivity index (χ3n) is 2.61. The summed E-state index contributed by atoms with van der Waals surface area (Å²) in [4.78, 5) is 6.56. The Balaban J connectivity index is 2.10. The van der Waals surface area contributed by atoms with Gasteiger partial charge in [-0.1, -0.05) is 6.07 Å². The Bertz CT molecular complexity index is 697. The Hall–Kier alpha value is -2.06. The number of aromatic amines is 1. The van der Waals surface area contributed by atoms with Crippen LogP contribution in [-0.4, -0.2) is 38.7 Å². The summed E-state index contributed by atoms with van der Waals surface area (Å²) in [6.45, 7) is 2.54. The van der Waals surface area contributed by atoms with Crippen LogP contribution < -0.4 is 9.46 Å². The number of aromatic nitrogens is 2. The van der Waals surface area contributed by atoms with Crippen molar-refractivity contribution in [3.63, 3.8) is 0 Å². The second kappa shape index (κ2) is 6.59. The fourth-order valence-corrected chi connectivity index (χ4v) is 2.66. The van der Waals surface area contributed by atoms with Gasteiger partial charge in [-0.2, -0.15) is 8.42 Å². The second-order valence-corrected chi connectivity index (χ2v) is 5.96. The Labute approximate surface area is 123 Å². The molecule has 0 saturated carbocycles. The van der Waals surface area contributed by atoms with Crippen LogP contribution in [0, 0.1) is 6.92 Å². The molecule has 0 aliphatic heterocycles. The highest BCUT2D eigenvalue weighted by molar-refractivity contribution is 7.92. The van der Waals surface area contributed by atoms with Gasteiger partial charge in [0.05, 0.1) is 18.5 Å². The van der Waals surface area contributed by atoms with Gasteiger partial charge in [0.1, 0.15) is 18.2 Å². The molecule has 0 spiro atoms. The number of nitrogens with one attached hydrogen (secondary N) is 2. The molecule has 0 aliphatic carbocycles. The summed E-state index contributed by atoms with van der Waals surface area (Å²) < 4.78 is 37.1. The topological polar surface area (TPSA) is 93.3 Å². The van der Waals surface area contributed by atoms with Crippen molar-refractivity contribution >= 4 is 15.7 Å². The van der Waals surface area contributed by atoms with Crippen LogP contribution in [-0.2, 0) is 14.8 Å². The van der Waals surface area contributed by atoms with E-state index >= 15 is 0 Å². The van der Waals surface area contributed by atoms with Crippen LogP contribution >= 0.6 is 0 Å². The predicted octanol–water partition coefficient (Wildman–Crippen LogP) is 1.54. The standard InChI is InChI=1S/C13H17N3O4S/c1-10-14-9-13(15-10)21(17,18)16-11-4-3-5-12(8-11)20-7-6-19-2/h3-5,8-9,16H,6-7H2,1-2H3,(H,14,15). The fourth-order valence-electron chi connectivity index (χ4n) is 1.64. The molecule has 0 atom stereocenters. The quantitative estimate of drug-likeness (QED) is 0.757. The number of aryl methyl sites for hydroxylation is 1. The molecule has 2 rings (SSSR count). The third-order valence-corrected chi connectivity index (χ3v) is 3.90.